The third kappa shape index (κ3) is 3.80. The molecule has 5 aromatic rings. The van der Waals surface area contributed by atoms with Crippen LogP contribution in [0, 0.1) is 13.8 Å². The molecule has 2 aromatic carbocycles. The zero-order chi connectivity index (χ0) is 21.4. The summed E-state index contributed by atoms with van der Waals surface area (Å²) in [5.74, 6) is 0.103. The lowest BCUT2D eigenvalue weighted by molar-refractivity contribution is -0.113. The Balaban J connectivity index is 1.35. The number of pyridine rings is 1. The number of aromatic nitrogens is 4. The maximum Gasteiger partial charge on any atom is 0.236 e. The largest absolute Gasteiger partial charge is 0.301 e. The molecule has 1 amide bonds. The lowest BCUT2D eigenvalue weighted by atomic mass is 10.1. The third-order valence-electron chi connectivity index (χ3n) is 5.04. The number of thioether (sulfide) groups is 1. The first kappa shape index (κ1) is 19.7. The van der Waals surface area contributed by atoms with E-state index in [-0.39, 0.29) is 11.7 Å². The van der Waals surface area contributed by atoms with Gasteiger partial charge in [0.2, 0.25) is 5.91 Å². The minimum Gasteiger partial charge on any atom is -0.301 e. The van der Waals surface area contributed by atoms with Gasteiger partial charge in [-0.3, -0.25) is 9.20 Å². The molecule has 0 bridgehead atoms. The van der Waals surface area contributed by atoms with Gasteiger partial charge in [0.05, 0.1) is 17.0 Å². The van der Waals surface area contributed by atoms with Gasteiger partial charge in [0.1, 0.15) is 0 Å². The summed E-state index contributed by atoms with van der Waals surface area (Å²) in [4.78, 5) is 17.1. The normalized spacial score (nSPS) is 11.3. The Kier molecular flexibility index (Phi) is 5.17. The lowest BCUT2D eigenvalue weighted by Gasteiger charge is -2.09. The van der Waals surface area contributed by atoms with Gasteiger partial charge in [0, 0.05) is 16.3 Å². The van der Waals surface area contributed by atoms with Crippen molar-refractivity contribution in [3.8, 4) is 11.3 Å². The van der Waals surface area contributed by atoms with Crippen molar-refractivity contribution in [2.24, 2.45) is 0 Å². The van der Waals surface area contributed by atoms with Crippen LogP contribution in [0.15, 0.2) is 65.1 Å². The highest BCUT2D eigenvalue weighted by Gasteiger charge is 2.15. The zero-order valence-corrected chi connectivity index (χ0v) is 18.6. The first-order valence-electron chi connectivity index (χ1n) is 9.78. The molecule has 0 atom stereocenters. The predicted molar refractivity (Wildman–Crippen MR) is 127 cm³/mol. The van der Waals surface area contributed by atoms with Crippen LogP contribution in [0.5, 0.6) is 0 Å². The molecule has 0 aliphatic carbocycles. The van der Waals surface area contributed by atoms with E-state index in [9.17, 15) is 4.79 Å². The fourth-order valence-electron chi connectivity index (χ4n) is 3.58. The number of anilines is 1. The van der Waals surface area contributed by atoms with E-state index in [0.717, 1.165) is 38.9 Å². The molecule has 5 rings (SSSR count). The average molecular weight is 446 g/mol. The van der Waals surface area contributed by atoms with E-state index < -0.39 is 0 Å². The lowest BCUT2D eigenvalue weighted by Crippen LogP contribution is -2.14. The summed E-state index contributed by atoms with van der Waals surface area (Å²) in [6.45, 7) is 4.16. The number of thiazole rings is 1. The zero-order valence-electron chi connectivity index (χ0n) is 17.0. The molecule has 31 heavy (non-hydrogen) atoms. The van der Waals surface area contributed by atoms with Crippen molar-refractivity contribution >= 4 is 50.7 Å². The Morgan fingerprint density at radius 1 is 1.06 bits per heavy atom. The molecule has 1 N–H and O–H groups in total. The van der Waals surface area contributed by atoms with Crippen molar-refractivity contribution < 1.29 is 4.79 Å². The van der Waals surface area contributed by atoms with E-state index in [0.29, 0.717) is 10.3 Å². The summed E-state index contributed by atoms with van der Waals surface area (Å²) < 4.78 is 2.03. The van der Waals surface area contributed by atoms with Gasteiger partial charge >= 0.3 is 0 Å². The monoisotopic (exact) mass is 445 g/mol. The summed E-state index contributed by atoms with van der Waals surface area (Å²) in [6.07, 6.45) is 0. The highest BCUT2D eigenvalue weighted by Crippen LogP contribution is 2.28. The van der Waals surface area contributed by atoms with Gasteiger partial charge in [0.15, 0.2) is 15.9 Å². The molecule has 0 fully saturated rings. The Labute approximate surface area is 187 Å². The number of aryl methyl sites for hydroxylation is 2. The number of carbonyl (C=O) groups excluding carboxylic acids is 1. The number of nitrogens with zero attached hydrogens (tertiary/aromatic N) is 4. The SMILES string of the molecule is Cc1cc2nnc(SCC(=O)Nc3nc(-c4ccccc4)cs3)n2c2c(C)cccc12. The van der Waals surface area contributed by atoms with Gasteiger partial charge in [-0.1, -0.05) is 60.3 Å². The minimum absolute atomic E-state index is 0.121. The molecule has 0 saturated heterocycles. The second-order valence-electron chi connectivity index (χ2n) is 7.22. The van der Waals surface area contributed by atoms with Crippen LogP contribution in [0.2, 0.25) is 0 Å². The molecular weight excluding hydrogens is 426 g/mol. The molecule has 3 heterocycles. The van der Waals surface area contributed by atoms with Crippen molar-refractivity contribution in [1.82, 2.24) is 19.6 Å². The van der Waals surface area contributed by atoms with Crippen molar-refractivity contribution in [3.63, 3.8) is 0 Å². The first-order valence-corrected chi connectivity index (χ1v) is 11.6. The molecule has 6 nitrogen and oxygen atoms in total. The topological polar surface area (TPSA) is 72.2 Å². The number of hydrogen-bond donors (Lipinski definition) is 1. The molecule has 8 heteroatoms. The smallest absolute Gasteiger partial charge is 0.236 e. The third-order valence-corrected chi connectivity index (χ3v) is 6.73. The second kappa shape index (κ2) is 8.13. The molecule has 0 saturated carbocycles. The standard InChI is InChI=1S/C23H19N5OS2/c1-14-7-6-10-17-15(2)11-19-26-27-23(28(19)21(14)17)31-13-20(29)25-22-24-18(12-30-22)16-8-4-3-5-9-16/h3-12H,13H2,1-2H3,(H,24,25,29). The first-order chi connectivity index (χ1) is 15.1. The quantitative estimate of drug-likeness (QED) is 0.369. The van der Waals surface area contributed by atoms with E-state index >= 15 is 0 Å². The number of para-hydroxylation sites is 1. The predicted octanol–water partition coefficient (Wildman–Crippen LogP) is 5.35. The average Bonchev–Trinajstić information content (AvgIpc) is 3.40. The van der Waals surface area contributed by atoms with Crippen LogP contribution >= 0.6 is 23.1 Å². The van der Waals surface area contributed by atoms with Crippen molar-refractivity contribution in [2.75, 3.05) is 11.1 Å². The van der Waals surface area contributed by atoms with E-state index in [1.807, 2.05) is 46.2 Å². The van der Waals surface area contributed by atoms with Crippen LogP contribution in [-0.2, 0) is 4.79 Å². The summed E-state index contributed by atoms with van der Waals surface area (Å²) in [6, 6.07) is 18.2. The van der Waals surface area contributed by atoms with Crippen LogP contribution in [-0.4, -0.2) is 31.2 Å². The van der Waals surface area contributed by atoms with Gasteiger partial charge in [-0.25, -0.2) is 4.98 Å². The maximum absolute atomic E-state index is 12.6. The summed E-state index contributed by atoms with van der Waals surface area (Å²) in [5.41, 5.74) is 6.06. The van der Waals surface area contributed by atoms with Crippen molar-refractivity contribution in [1.29, 1.82) is 0 Å². The number of benzene rings is 2. The van der Waals surface area contributed by atoms with Crippen LogP contribution in [0.3, 0.4) is 0 Å². The Morgan fingerprint density at radius 3 is 2.74 bits per heavy atom. The summed E-state index contributed by atoms with van der Waals surface area (Å²) >= 11 is 2.79. The molecule has 0 aliphatic rings. The van der Waals surface area contributed by atoms with Gasteiger partial charge in [-0.2, -0.15) is 0 Å². The Morgan fingerprint density at radius 2 is 1.90 bits per heavy atom. The van der Waals surface area contributed by atoms with Gasteiger partial charge in [-0.05, 0) is 31.0 Å². The number of carbonyl (C=O) groups is 1. The van der Waals surface area contributed by atoms with E-state index in [2.05, 4.69) is 52.5 Å². The highest BCUT2D eigenvalue weighted by atomic mass is 32.2. The Bertz CT molecular complexity index is 1410. The summed E-state index contributed by atoms with van der Waals surface area (Å²) in [7, 11) is 0. The molecule has 0 spiro atoms. The van der Waals surface area contributed by atoms with Crippen LogP contribution in [0.25, 0.3) is 27.8 Å². The fourth-order valence-corrected chi connectivity index (χ4v) is 5.06. The van der Waals surface area contributed by atoms with E-state index in [1.165, 1.54) is 23.1 Å². The molecule has 0 aliphatic heterocycles. The van der Waals surface area contributed by atoms with E-state index in [1.54, 1.807) is 0 Å². The summed E-state index contributed by atoms with van der Waals surface area (Å²) in [5, 5.41) is 15.9. The highest BCUT2D eigenvalue weighted by molar-refractivity contribution is 7.99. The maximum atomic E-state index is 12.6. The minimum atomic E-state index is -0.121. The van der Waals surface area contributed by atoms with Crippen molar-refractivity contribution in [3.05, 3.63) is 71.1 Å². The molecule has 154 valence electrons. The molecular formula is C23H19N5OS2. The van der Waals surface area contributed by atoms with Gasteiger partial charge in [-0.15, -0.1) is 21.5 Å². The number of amides is 1. The number of rotatable bonds is 5. The number of fused-ring (bicyclic) bond motifs is 3. The fraction of sp³-hybridized carbons (Fsp3) is 0.130. The molecule has 3 aromatic heterocycles. The second-order valence-corrected chi connectivity index (χ2v) is 9.02. The van der Waals surface area contributed by atoms with Crippen LogP contribution < -0.4 is 5.32 Å². The van der Waals surface area contributed by atoms with Crippen LogP contribution in [0.1, 0.15) is 11.1 Å². The van der Waals surface area contributed by atoms with Crippen LogP contribution in [0.4, 0.5) is 5.13 Å². The van der Waals surface area contributed by atoms with Gasteiger partial charge < -0.3 is 5.32 Å². The van der Waals surface area contributed by atoms with Gasteiger partial charge in [0.25, 0.3) is 0 Å². The van der Waals surface area contributed by atoms with Crippen molar-refractivity contribution in [2.45, 2.75) is 19.0 Å². The van der Waals surface area contributed by atoms with E-state index in [4.69, 9.17) is 0 Å². The molecule has 0 radical (unpaired) electrons. The number of hydrogen-bond acceptors (Lipinski definition) is 6. The number of nitrogens with one attached hydrogen (secondary N) is 1. The molecule has 0 unspecified atom stereocenters. The Hall–Kier alpha value is -3.23.